The minimum absolute atomic E-state index is 0.0698. The van der Waals surface area contributed by atoms with Gasteiger partial charge in [-0.3, -0.25) is 4.57 Å². The van der Waals surface area contributed by atoms with Crippen LogP contribution in [0.25, 0.3) is 5.69 Å². The van der Waals surface area contributed by atoms with Gasteiger partial charge in [0.25, 0.3) is 0 Å². The van der Waals surface area contributed by atoms with E-state index in [4.69, 9.17) is 11.6 Å². The fraction of sp³-hybridized carbons (Fsp3) is 0. The van der Waals surface area contributed by atoms with Gasteiger partial charge >= 0.3 is 5.69 Å². The summed E-state index contributed by atoms with van der Waals surface area (Å²) in [6, 6.07) is 4.26. The Hall–Kier alpha value is -1.55. The highest BCUT2D eigenvalue weighted by Crippen LogP contribution is 2.21. The highest BCUT2D eigenvalue weighted by Gasteiger charge is 2.10. The second kappa shape index (κ2) is 3.31. The lowest BCUT2D eigenvalue weighted by Crippen LogP contribution is -2.15. The third kappa shape index (κ3) is 1.33. The van der Waals surface area contributed by atoms with Crippen LogP contribution in [-0.4, -0.2) is 9.55 Å². The summed E-state index contributed by atoms with van der Waals surface area (Å²) in [5.74, 6) is -0.529. The zero-order chi connectivity index (χ0) is 10.1. The molecule has 72 valence electrons. The summed E-state index contributed by atoms with van der Waals surface area (Å²) in [7, 11) is 0. The van der Waals surface area contributed by atoms with E-state index >= 15 is 0 Å². The maximum atomic E-state index is 13.3. The van der Waals surface area contributed by atoms with Crippen molar-refractivity contribution in [2.45, 2.75) is 0 Å². The van der Waals surface area contributed by atoms with E-state index in [-0.39, 0.29) is 10.7 Å². The van der Waals surface area contributed by atoms with E-state index in [1.807, 2.05) is 0 Å². The summed E-state index contributed by atoms with van der Waals surface area (Å²) in [5.41, 5.74) is -0.350. The van der Waals surface area contributed by atoms with Crippen molar-refractivity contribution in [1.82, 2.24) is 9.55 Å². The van der Waals surface area contributed by atoms with E-state index in [0.29, 0.717) is 0 Å². The molecule has 0 fully saturated rings. The van der Waals surface area contributed by atoms with E-state index < -0.39 is 11.5 Å². The monoisotopic (exact) mass is 212 g/mol. The zero-order valence-electron chi connectivity index (χ0n) is 7.00. The molecule has 0 unspecified atom stereocenters. The van der Waals surface area contributed by atoms with Crippen molar-refractivity contribution in [2.75, 3.05) is 0 Å². The number of rotatable bonds is 1. The molecule has 1 heterocycles. The van der Waals surface area contributed by atoms with E-state index in [2.05, 4.69) is 4.98 Å². The minimum atomic E-state index is -0.529. The van der Waals surface area contributed by atoms with Crippen molar-refractivity contribution < 1.29 is 4.39 Å². The van der Waals surface area contributed by atoms with E-state index in [9.17, 15) is 9.18 Å². The Bertz CT molecular complexity index is 497. The first-order chi connectivity index (χ1) is 6.70. The molecule has 1 aromatic heterocycles. The number of nitrogens with zero attached hydrogens (tertiary/aromatic N) is 1. The van der Waals surface area contributed by atoms with Crippen molar-refractivity contribution in [3.05, 3.63) is 51.9 Å². The summed E-state index contributed by atoms with van der Waals surface area (Å²) in [6.07, 6.45) is 2.84. The standard InChI is InChI=1S/C9H6ClFN2O/c10-6-2-1-3-7(11)8(6)13-5-4-12-9(13)14/h1-5H,(H,12,14). The number of imidazole rings is 1. The molecule has 0 aliphatic carbocycles. The van der Waals surface area contributed by atoms with Crippen LogP contribution in [0.2, 0.25) is 5.02 Å². The smallest absolute Gasteiger partial charge is 0.312 e. The van der Waals surface area contributed by atoms with E-state index in [1.165, 1.54) is 30.6 Å². The number of benzene rings is 1. The van der Waals surface area contributed by atoms with Gasteiger partial charge in [0.2, 0.25) is 0 Å². The maximum Gasteiger partial charge on any atom is 0.330 e. The van der Waals surface area contributed by atoms with E-state index in [0.717, 1.165) is 4.57 Å². The SMILES string of the molecule is O=c1[nH]ccn1-c1c(F)cccc1Cl. The van der Waals surface area contributed by atoms with Gasteiger partial charge in [-0.05, 0) is 12.1 Å². The van der Waals surface area contributed by atoms with Crippen LogP contribution < -0.4 is 5.69 Å². The fourth-order valence-electron chi connectivity index (χ4n) is 1.22. The molecule has 1 aromatic carbocycles. The molecule has 2 aromatic rings. The van der Waals surface area contributed by atoms with Gasteiger partial charge in [-0.15, -0.1) is 0 Å². The topological polar surface area (TPSA) is 37.8 Å². The third-order valence-corrected chi connectivity index (χ3v) is 2.13. The normalized spacial score (nSPS) is 10.4. The summed E-state index contributed by atoms with van der Waals surface area (Å²) in [5, 5.41) is 0.201. The Morgan fingerprint density at radius 1 is 1.43 bits per heavy atom. The first kappa shape index (κ1) is 9.02. The highest BCUT2D eigenvalue weighted by atomic mass is 35.5. The van der Waals surface area contributed by atoms with Gasteiger partial charge in [-0.2, -0.15) is 0 Å². The number of hydrogen-bond donors (Lipinski definition) is 1. The molecule has 0 radical (unpaired) electrons. The molecule has 0 spiro atoms. The second-order valence-electron chi connectivity index (χ2n) is 2.71. The Morgan fingerprint density at radius 2 is 2.21 bits per heavy atom. The Kier molecular flexibility index (Phi) is 2.13. The number of H-pyrrole nitrogens is 1. The van der Waals surface area contributed by atoms with Crippen LogP contribution in [0.4, 0.5) is 4.39 Å². The summed E-state index contributed by atoms with van der Waals surface area (Å²) < 4.78 is 14.5. The van der Waals surface area contributed by atoms with Gasteiger partial charge in [-0.25, -0.2) is 9.18 Å². The van der Waals surface area contributed by atoms with Gasteiger partial charge in [0.1, 0.15) is 11.5 Å². The van der Waals surface area contributed by atoms with Crippen LogP contribution in [0.3, 0.4) is 0 Å². The van der Waals surface area contributed by atoms with Gasteiger partial charge in [-0.1, -0.05) is 17.7 Å². The molecule has 0 aliphatic rings. The number of para-hydroxylation sites is 1. The predicted octanol–water partition coefficient (Wildman–Crippen LogP) is 1.96. The number of aromatic amines is 1. The van der Waals surface area contributed by atoms with Crippen LogP contribution in [-0.2, 0) is 0 Å². The first-order valence-electron chi connectivity index (χ1n) is 3.90. The van der Waals surface area contributed by atoms with Crippen LogP contribution in [0.5, 0.6) is 0 Å². The largest absolute Gasteiger partial charge is 0.330 e. The lowest BCUT2D eigenvalue weighted by atomic mass is 10.3. The van der Waals surface area contributed by atoms with Crippen molar-refractivity contribution in [3.8, 4) is 5.69 Å². The second-order valence-corrected chi connectivity index (χ2v) is 3.11. The van der Waals surface area contributed by atoms with Crippen LogP contribution in [0.1, 0.15) is 0 Å². The van der Waals surface area contributed by atoms with Gasteiger partial charge in [0.15, 0.2) is 0 Å². The fourth-order valence-corrected chi connectivity index (χ4v) is 1.47. The van der Waals surface area contributed by atoms with Crippen molar-refractivity contribution in [1.29, 1.82) is 0 Å². The van der Waals surface area contributed by atoms with Gasteiger partial charge in [0, 0.05) is 12.4 Å². The molecule has 0 saturated carbocycles. The molecule has 0 saturated heterocycles. The van der Waals surface area contributed by atoms with Crippen molar-refractivity contribution >= 4 is 11.6 Å². The molecule has 1 N–H and O–H groups in total. The minimum Gasteiger partial charge on any atom is -0.312 e. The Balaban J connectivity index is 2.74. The number of hydrogen-bond acceptors (Lipinski definition) is 1. The summed E-state index contributed by atoms with van der Waals surface area (Å²) in [6.45, 7) is 0. The summed E-state index contributed by atoms with van der Waals surface area (Å²) in [4.78, 5) is 13.6. The Labute approximate surface area is 83.8 Å². The number of nitrogens with one attached hydrogen (secondary N) is 1. The lowest BCUT2D eigenvalue weighted by molar-refractivity contribution is 0.616. The molecule has 5 heteroatoms. The molecular weight excluding hydrogens is 207 g/mol. The van der Waals surface area contributed by atoms with Crippen LogP contribution in [0.15, 0.2) is 35.4 Å². The average molecular weight is 213 g/mol. The highest BCUT2D eigenvalue weighted by molar-refractivity contribution is 6.32. The zero-order valence-corrected chi connectivity index (χ0v) is 7.75. The summed E-state index contributed by atoms with van der Waals surface area (Å²) >= 11 is 5.78. The number of aromatic nitrogens is 2. The van der Waals surface area contributed by atoms with Gasteiger partial charge in [0.05, 0.1) is 5.02 Å². The first-order valence-corrected chi connectivity index (χ1v) is 4.28. The Morgan fingerprint density at radius 3 is 2.79 bits per heavy atom. The number of halogens is 2. The molecule has 2 rings (SSSR count). The molecule has 0 atom stereocenters. The predicted molar refractivity (Wildman–Crippen MR) is 51.4 cm³/mol. The maximum absolute atomic E-state index is 13.3. The van der Waals surface area contributed by atoms with Crippen LogP contribution in [0, 0.1) is 5.82 Å². The molecule has 0 amide bonds. The quantitative estimate of drug-likeness (QED) is 0.771. The van der Waals surface area contributed by atoms with Crippen molar-refractivity contribution in [2.24, 2.45) is 0 Å². The lowest BCUT2D eigenvalue weighted by Gasteiger charge is -2.04. The molecule has 14 heavy (non-hydrogen) atoms. The van der Waals surface area contributed by atoms with Gasteiger partial charge < -0.3 is 4.98 Å². The third-order valence-electron chi connectivity index (χ3n) is 1.83. The van der Waals surface area contributed by atoms with Crippen LogP contribution >= 0.6 is 11.6 Å². The average Bonchev–Trinajstić information content (AvgIpc) is 2.52. The van der Waals surface area contributed by atoms with Crippen molar-refractivity contribution in [3.63, 3.8) is 0 Å². The molecule has 0 bridgehead atoms. The molecule has 3 nitrogen and oxygen atoms in total. The molecular formula is C9H6ClFN2O. The molecule has 0 aliphatic heterocycles. The van der Waals surface area contributed by atoms with E-state index in [1.54, 1.807) is 0 Å².